The molecule has 0 saturated carbocycles. The van der Waals surface area contributed by atoms with E-state index in [0.29, 0.717) is 35.3 Å². The lowest BCUT2D eigenvalue weighted by atomic mass is 10.1. The minimum Gasteiger partial charge on any atom is -0.490 e. The number of ether oxygens (including phenoxy) is 2. The maximum Gasteiger partial charge on any atom is 0.283 e. The standard InChI is InChI=1S/C23H21ClN4O5S2/c1-14(2)35(30,31)23-27-34-22-26-21(29)17(20(25)28(22)23)13-15-7-9-16(10-8-15)32-11-12-33-19-6-4-3-5-18(19)24/h3-10,13-14,25H,11-12H2,1-2H3/b17-13-,25-20?. The molecule has 0 fully saturated rings. The van der Waals surface area contributed by atoms with E-state index in [2.05, 4.69) is 9.39 Å². The Labute approximate surface area is 212 Å². The summed E-state index contributed by atoms with van der Waals surface area (Å²) in [5, 5.41) is 8.05. The molecule has 2 aliphatic rings. The van der Waals surface area contributed by atoms with Crippen molar-refractivity contribution in [3.05, 3.63) is 64.7 Å². The van der Waals surface area contributed by atoms with Gasteiger partial charge in [-0.05, 0) is 49.8 Å². The SMILES string of the molecule is CC(C)S(=O)(=O)C1=NSC2=NC(=O)/C(=C\c3ccc(OCCOc4ccccc4Cl)cc3)C(=N)N21. The van der Waals surface area contributed by atoms with Crippen LogP contribution in [0.5, 0.6) is 11.5 Å². The molecule has 182 valence electrons. The van der Waals surface area contributed by atoms with Crippen LogP contribution in [0, 0.1) is 5.41 Å². The molecular formula is C23H21ClN4O5S2. The molecule has 35 heavy (non-hydrogen) atoms. The van der Waals surface area contributed by atoms with E-state index in [-0.39, 0.29) is 21.7 Å². The second-order valence-electron chi connectivity index (χ2n) is 7.70. The summed E-state index contributed by atoms with van der Waals surface area (Å²) in [6.45, 7) is 3.66. The van der Waals surface area contributed by atoms with E-state index >= 15 is 0 Å². The summed E-state index contributed by atoms with van der Waals surface area (Å²) in [6.07, 6.45) is 1.48. The van der Waals surface area contributed by atoms with Crippen LogP contribution >= 0.6 is 23.5 Å². The van der Waals surface area contributed by atoms with Gasteiger partial charge in [0.05, 0.1) is 27.8 Å². The maximum absolute atomic E-state index is 12.7. The highest BCUT2D eigenvalue weighted by molar-refractivity contribution is 8.16. The number of nitrogens with zero attached hydrogens (tertiary/aromatic N) is 3. The molecule has 0 aromatic heterocycles. The van der Waals surface area contributed by atoms with Gasteiger partial charge < -0.3 is 9.47 Å². The molecule has 2 aliphatic heterocycles. The van der Waals surface area contributed by atoms with Crippen LogP contribution < -0.4 is 9.47 Å². The minimum absolute atomic E-state index is 0.0373. The summed E-state index contributed by atoms with van der Waals surface area (Å²) in [7, 11) is -3.77. The molecular weight excluding hydrogens is 512 g/mol. The van der Waals surface area contributed by atoms with Crippen LogP contribution in [0.15, 0.2) is 63.5 Å². The van der Waals surface area contributed by atoms with Crippen molar-refractivity contribution >= 4 is 61.5 Å². The van der Waals surface area contributed by atoms with Crippen molar-refractivity contribution in [2.45, 2.75) is 19.1 Å². The third kappa shape index (κ3) is 5.26. The Hall–Kier alpha value is -3.15. The van der Waals surface area contributed by atoms with Gasteiger partial charge in [-0.1, -0.05) is 35.9 Å². The Bertz CT molecular complexity index is 1370. The molecule has 0 spiro atoms. The molecule has 12 heteroatoms. The normalized spacial score (nSPS) is 16.9. The van der Waals surface area contributed by atoms with E-state index in [0.717, 1.165) is 16.8 Å². The average molecular weight is 533 g/mol. The first-order chi connectivity index (χ1) is 16.7. The monoisotopic (exact) mass is 532 g/mol. The van der Waals surface area contributed by atoms with Crippen LogP contribution in [0.1, 0.15) is 19.4 Å². The fourth-order valence-corrected chi connectivity index (χ4v) is 5.35. The third-order valence-electron chi connectivity index (χ3n) is 5.01. The molecule has 0 radical (unpaired) electrons. The lowest BCUT2D eigenvalue weighted by Crippen LogP contribution is -2.46. The number of hydrogen-bond donors (Lipinski definition) is 1. The molecule has 0 bridgehead atoms. The first kappa shape index (κ1) is 25.0. The number of nitrogens with one attached hydrogen (secondary N) is 1. The van der Waals surface area contributed by atoms with E-state index in [1.54, 1.807) is 36.4 Å². The fraction of sp³-hybridized carbons (Fsp3) is 0.217. The molecule has 2 heterocycles. The number of rotatable bonds is 7. The van der Waals surface area contributed by atoms with Crippen LogP contribution in [-0.4, -0.2) is 53.9 Å². The quantitative estimate of drug-likeness (QED) is 0.322. The summed E-state index contributed by atoms with van der Waals surface area (Å²) >= 11 is 6.82. The predicted octanol–water partition coefficient (Wildman–Crippen LogP) is 4.20. The third-order valence-corrected chi connectivity index (χ3v) is 8.16. The van der Waals surface area contributed by atoms with E-state index < -0.39 is 21.0 Å². The number of aliphatic imine (C=N–C) groups is 1. The summed E-state index contributed by atoms with van der Waals surface area (Å²) < 4.78 is 40.5. The highest BCUT2D eigenvalue weighted by Crippen LogP contribution is 2.31. The van der Waals surface area contributed by atoms with Crippen molar-refractivity contribution in [3.8, 4) is 11.5 Å². The summed E-state index contributed by atoms with van der Waals surface area (Å²) in [6, 6.07) is 14.0. The van der Waals surface area contributed by atoms with Gasteiger partial charge >= 0.3 is 0 Å². The Morgan fingerprint density at radius 2 is 1.80 bits per heavy atom. The van der Waals surface area contributed by atoms with Crippen LogP contribution in [0.4, 0.5) is 0 Å². The van der Waals surface area contributed by atoms with Gasteiger partial charge in [-0.2, -0.15) is 9.39 Å². The molecule has 2 aromatic carbocycles. The molecule has 2 aromatic rings. The number of benzene rings is 2. The van der Waals surface area contributed by atoms with E-state index in [1.165, 1.54) is 19.9 Å². The largest absolute Gasteiger partial charge is 0.490 e. The van der Waals surface area contributed by atoms with Crippen molar-refractivity contribution in [1.82, 2.24) is 4.90 Å². The van der Waals surface area contributed by atoms with E-state index in [9.17, 15) is 13.2 Å². The van der Waals surface area contributed by atoms with Crippen molar-refractivity contribution in [2.75, 3.05) is 13.2 Å². The lowest BCUT2D eigenvalue weighted by molar-refractivity contribution is -0.114. The molecule has 0 atom stereocenters. The molecule has 4 rings (SSSR count). The van der Waals surface area contributed by atoms with Gasteiger partial charge in [0.2, 0.25) is 20.2 Å². The number of carbonyl (C=O) groups is 1. The number of halogens is 1. The van der Waals surface area contributed by atoms with Crippen molar-refractivity contribution in [1.29, 1.82) is 5.41 Å². The molecule has 9 nitrogen and oxygen atoms in total. The van der Waals surface area contributed by atoms with Gasteiger partial charge in [-0.3, -0.25) is 10.2 Å². The summed E-state index contributed by atoms with van der Waals surface area (Å²) in [5.74, 6) is 0.249. The number of amidine groups is 3. The van der Waals surface area contributed by atoms with Crippen molar-refractivity contribution < 1.29 is 22.7 Å². The number of fused-ring (bicyclic) bond motifs is 1. The second kappa shape index (κ2) is 10.2. The topological polar surface area (TPSA) is 121 Å². The first-order valence-corrected chi connectivity index (χ1v) is 13.2. The predicted molar refractivity (Wildman–Crippen MR) is 138 cm³/mol. The zero-order valence-electron chi connectivity index (χ0n) is 18.8. The maximum atomic E-state index is 12.7. The van der Waals surface area contributed by atoms with Crippen LogP contribution in [0.3, 0.4) is 0 Å². The highest BCUT2D eigenvalue weighted by atomic mass is 35.5. The molecule has 0 saturated heterocycles. The van der Waals surface area contributed by atoms with Gasteiger partial charge in [0.1, 0.15) is 30.5 Å². The van der Waals surface area contributed by atoms with Gasteiger partial charge in [0.15, 0.2) is 0 Å². The summed E-state index contributed by atoms with van der Waals surface area (Å²) in [4.78, 5) is 17.6. The Kier molecular flexibility index (Phi) is 7.29. The lowest BCUT2D eigenvalue weighted by Gasteiger charge is -2.25. The first-order valence-electron chi connectivity index (χ1n) is 10.5. The Balaban J connectivity index is 1.43. The van der Waals surface area contributed by atoms with Gasteiger partial charge in [0.25, 0.3) is 5.91 Å². The zero-order chi connectivity index (χ0) is 25.2. The number of hydrogen-bond acceptors (Lipinski definition) is 8. The molecule has 0 aliphatic carbocycles. The number of para-hydroxylation sites is 1. The minimum atomic E-state index is -3.77. The molecule has 1 N–H and O–H groups in total. The van der Waals surface area contributed by atoms with Gasteiger partial charge in [0, 0.05) is 0 Å². The Morgan fingerprint density at radius 3 is 2.49 bits per heavy atom. The van der Waals surface area contributed by atoms with Crippen molar-refractivity contribution in [3.63, 3.8) is 0 Å². The van der Waals surface area contributed by atoms with E-state index in [4.69, 9.17) is 26.5 Å². The fourth-order valence-electron chi connectivity index (χ4n) is 3.09. The average Bonchev–Trinajstić information content (AvgIpc) is 3.26. The molecule has 0 unspecified atom stereocenters. The number of carbonyl (C=O) groups excluding carboxylic acids is 1. The smallest absolute Gasteiger partial charge is 0.283 e. The van der Waals surface area contributed by atoms with Crippen LogP contribution in [0.2, 0.25) is 5.02 Å². The van der Waals surface area contributed by atoms with Crippen LogP contribution in [-0.2, 0) is 14.6 Å². The number of sulfone groups is 1. The Morgan fingerprint density at radius 1 is 1.11 bits per heavy atom. The zero-order valence-corrected chi connectivity index (χ0v) is 21.2. The highest BCUT2D eigenvalue weighted by Gasteiger charge is 2.43. The number of amides is 1. The van der Waals surface area contributed by atoms with Crippen molar-refractivity contribution in [2.24, 2.45) is 9.39 Å². The summed E-state index contributed by atoms with van der Waals surface area (Å²) in [5.41, 5.74) is 0.582. The molecule has 1 amide bonds. The second-order valence-corrected chi connectivity index (χ2v) is 11.2. The van der Waals surface area contributed by atoms with E-state index in [1.807, 2.05) is 12.1 Å². The van der Waals surface area contributed by atoms with Crippen LogP contribution in [0.25, 0.3) is 6.08 Å². The van der Waals surface area contributed by atoms with Gasteiger partial charge in [-0.25, -0.2) is 13.3 Å². The van der Waals surface area contributed by atoms with Gasteiger partial charge in [-0.15, -0.1) is 0 Å².